The summed E-state index contributed by atoms with van der Waals surface area (Å²) in [5.41, 5.74) is 0.863. The summed E-state index contributed by atoms with van der Waals surface area (Å²) < 4.78 is 19.6. The third kappa shape index (κ3) is 7.75. The molecule has 0 N–H and O–H groups in total. The summed E-state index contributed by atoms with van der Waals surface area (Å²) in [4.78, 5) is 24.6. The fraction of sp³-hybridized carbons (Fsp3) is 0.512. The lowest BCUT2D eigenvalue weighted by Gasteiger charge is -2.55. The lowest BCUT2D eigenvalue weighted by Crippen LogP contribution is -2.68. The van der Waals surface area contributed by atoms with Crippen molar-refractivity contribution in [2.45, 2.75) is 85.5 Å². The Morgan fingerprint density at radius 2 is 1.47 bits per heavy atom. The maximum Gasteiger partial charge on any atom is 0.303 e. The monoisotopic (exact) mass is 656 g/mol. The standard InChI is InChI=1S/C41H56O5Si/c1-11-28(5)36-24-32(46-47(41(8,9)10,33-19-15-13-16-20-33)34-21-17-14-18-22-34)25-38-37(35(12-2)27(3)4)23-31(26-44-29(6)42)40(39(36)38)45-30(7)43/h11-23,27-28,32,35-40H,1-2,24-26H2,3-10H3/t28-,32-,35-,36+,37+,38-,39-,40-/m1/s1. The minimum Gasteiger partial charge on any atom is -0.461 e. The number of fused-ring (bicyclic) bond motifs is 1. The van der Waals surface area contributed by atoms with Gasteiger partial charge in [0.1, 0.15) is 12.7 Å². The van der Waals surface area contributed by atoms with E-state index in [1.807, 2.05) is 6.08 Å². The van der Waals surface area contributed by atoms with Gasteiger partial charge in [0.25, 0.3) is 8.32 Å². The molecule has 2 aromatic carbocycles. The quantitative estimate of drug-likeness (QED) is 0.132. The molecular formula is C41H56O5Si. The highest BCUT2D eigenvalue weighted by molar-refractivity contribution is 6.99. The van der Waals surface area contributed by atoms with E-state index in [9.17, 15) is 9.59 Å². The van der Waals surface area contributed by atoms with Crippen LogP contribution in [0.5, 0.6) is 0 Å². The number of benzene rings is 2. The average molecular weight is 657 g/mol. The van der Waals surface area contributed by atoms with Gasteiger partial charge >= 0.3 is 11.9 Å². The second kappa shape index (κ2) is 15.3. The Labute approximate surface area is 284 Å². The molecule has 0 spiro atoms. The average Bonchev–Trinajstić information content (AvgIpc) is 3.03. The fourth-order valence-corrected chi connectivity index (χ4v) is 13.3. The van der Waals surface area contributed by atoms with E-state index in [2.05, 4.69) is 128 Å². The molecule has 2 aliphatic carbocycles. The van der Waals surface area contributed by atoms with E-state index in [-0.39, 0.29) is 65.2 Å². The van der Waals surface area contributed by atoms with Crippen molar-refractivity contribution in [3.63, 3.8) is 0 Å². The van der Waals surface area contributed by atoms with Gasteiger partial charge in [-0.05, 0) is 63.8 Å². The zero-order valence-electron chi connectivity index (χ0n) is 29.8. The Morgan fingerprint density at radius 1 is 0.894 bits per heavy atom. The molecule has 1 saturated carbocycles. The molecule has 0 bridgehead atoms. The SMILES string of the molecule is C=C[C@@H](C)[C@@H]1C[C@@H](O[Si](c2ccccc2)(c2ccccc2)C(C)(C)C)C[C@@H]2[C@H]([C@H](C=C)C(C)C)C=C(COC(C)=O)[C@@H](OC(C)=O)[C@@H]21. The number of ether oxygens (including phenoxy) is 2. The molecule has 0 aromatic heterocycles. The summed E-state index contributed by atoms with van der Waals surface area (Å²) >= 11 is 0. The Morgan fingerprint density at radius 3 is 1.91 bits per heavy atom. The van der Waals surface area contributed by atoms with Crippen LogP contribution in [-0.2, 0) is 23.5 Å². The van der Waals surface area contributed by atoms with E-state index in [1.165, 1.54) is 24.2 Å². The maximum absolute atomic E-state index is 12.7. The van der Waals surface area contributed by atoms with Crippen LogP contribution in [-0.4, -0.2) is 39.1 Å². The van der Waals surface area contributed by atoms with E-state index in [1.54, 1.807) is 0 Å². The van der Waals surface area contributed by atoms with Crippen LogP contribution in [0.4, 0.5) is 0 Å². The molecule has 1 fully saturated rings. The van der Waals surface area contributed by atoms with E-state index in [0.717, 1.165) is 18.4 Å². The molecule has 5 nitrogen and oxygen atoms in total. The van der Waals surface area contributed by atoms with Crippen LogP contribution in [0.25, 0.3) is 0 Å². The third-order valence-electron chi connectivity index (χ3n) is 10.7. The van der Waals surface area contributed by atoms with Crippen LogP contribution < -0.4 is 10.4 Å². The highest BCUT2D eigenvalue weighted by Crippen LogP contribution is 2.54. The topological polar surface area (TPSA) is 61.8 Å². The molecular weight excluding hydrogens is 601 g/mol. The van der Waals surface area contributed by atoms with Crippen molar-refractivity contribution < 1.29 is 23.5 Å². The first kappa shape index (κ1) is 36.6. The minimum absolute atomic E-state index is 0.00709. The molecule has 0 saturated heterocycles. The first-order valence-electron chi connectivity index (χ1n) is 17.3. The van der Waals surface area contributed by atoms with Gasteiger partial charge in [-0.3, -0.25) is 9.59 Å². The Balaban J connectivity index is 1.91. The summed E-state index contributed by atoms with van der Waals surface area (Å²) in [5.74, 6) is 0.362. The number of carbonyl (C=O) groups excluding carboxylic acids is 2. The van der Waals surface area contributed by atoms with E-state index < -0.39 is 14.4 Å². The van der Waals surface area contributed by atoms with Crippen molar-refractivity contribution in [3.05, 3.63) is 97.6 Å². The predicted octanol–water partition coefficient (Wildman–Crippen LogP) is 7.91. The van der Waals surface area contributed by atoms with Gasteiger partial charge in [0.05, 0.1) is 0 Å². The molecule has 0 unspecified atom stereocenters. The van der Waals surface area contributed by atoms with Crippen molar-refractivity contribution in [2.24, 2.45) is 41.4 Å². The Kier molecular flexibility index (Phi) is 11.9. The lowest BCUT2D eigenvalue weighted by atomic mass is 9.55. The number of rotatable bonds is 12. The molecule has 2 aliphatic rings. The molecule has 47 heavy (non-hydrogen) atoms. The van der Waals surface area contributed by atoms with Crippen LogP contribution in [0.3, 0.4) is 0 Å². The number of esters is 2. The molecule has 6 heteroatoms. The molecule has 2 aromatic rings. The number of carbonyl (C=O) groups is 2. The highest BCUT2D eigenvalue weighted by atomic mass is 28.4. The van der Waals surface area contributed by atoms with Crippen LogP contribution in [0.15, 0.2) is 97.6 Å². The van der Waals surface area contributed by atoms with Crippen LogP contribution in [0.2, 0.25) is 5.04 Å². The zero-order valence-corrected chi connectivity index (χ0v) is 30.8. The highest BCUT2D eigenvalue weighted by Gasteiger charge is 2.56. The smallest absolute Gasteiger partial charge is 0.303 e. The molecule has 0 amide bonds. The van der Waals surface area contributed by atoms with Crippen molar-refractivity contribution in [3.8, 4) is 0 Å². The largest absolute Gasteiger partial charge is 0.461 e. The lowest BCUT2D eigenvalue weighted by molar-refractivity contribution is -0.155. The van der Waals surface area contributed by atoms with Crippen molar-refractivity contribution in [2.75, 3.05) is 6.61 Å². The van der Waals surface area contributed by atoms with E-state index in [0.29, 0.717) is 5.92 Å². The Bertz CT molecular complexity index is 1370. The predicted molar refractivity (Wildman–Crippen MR) is 194 cm³/mol. The van der Waals surface area contributed by atoms with Gasteiger partial charge in [0.2, 0.25) is 0 Å². The van der Waals surface area contributed by atoms with Gasteiger partial charge < -0.3 is 13.9 Å². The minimum atomic E-state index is -2.83. The molecule has 0 radical (unpaired) electrons. The van der Waals surface area contributed by atoms with Crippen molar-refractivity contribution in [1.29, 1.82) is 0 Å². The first-order chi connectivity index (χ1) is 22.2. The maximum atomic E-state index is 12.7. The van der Waals surface area contributed by atoms with E-state index in [4.69, 9.17) is 13.9 Å². The number of hydrogen-bond donors (Lipinski definition) is 0. The summed E-state index contributed by atoms with van der Waals surface area (Å²) in [7, 11) is -2.83. The second-order valence-electron chi connectivity index (χ2n) is 15.1. The van der Waals surface area contributed by atoms with Gasteiger partial charge in [-0.15, -0.1) is 13.2 Å². The van der Waals surface area contributed by atoms with Gasteiger partial charge in [-0.1, -0.05) is 120 Å². The fourth-order valence-electron chi connectivity index (χ4n) is 8.61. The summed E-state index contributed by atoms with van der Waals surface area (Å²) in [6, 6.07) is 21.6. The molecule has 4 rings (SSSR count). The number of allylic oxidation sites excluding steroid dienone is 3. The third-order valence-corrected chi connectivity index (χ3v) is 15.8. The first-order valence-corrected chi connectivity index (χ1v) is 19.2. The summed E-state index contributed by atoms with van der Waals surface area (Å²) in [6.07, 6.45) is 7.46. The van der Waals surface area contributed by atoms with Crippen LogP contribution >= 0.6 is 0 Å². The van der Waals surface area contributed by atoms with Gasteiger partial charge in [0, 0.05) is 31.4 Å². The summed E-state index contributed by atoms with van der Waals surface area (Å²) in [6.45, 7) is 25.2. The van der Waals surface area contributed by atoms with Crippen molar-refractivity contribution in [1.82, 2.24) is 0 Å². The zero-order chi connectivity index (χ0) is 34.5. The molecule has 0 heterocycles. The Hall–Kier alpha value is -3.22. The van der Waals surface area contributed by atoms with E-state index >= 15 is 0 Å². The van der Waals surface area contributed by atoms with Gasteiger partial charge in [-0.25, -0.2) is 0 Å². The van der Waals surface area contributed by atoms with Gasteiger partial charge in [0.15, 0.2) is 0 Å². The molecule has 254 valence electrons. The second-order valence-corrected chi connectivity index (χ2v) is 19.3. The van der Waals surface area contributed by atoms with Crippen molar-refractivity contribution >= 4 is 30.6 Å². The summed E-state index contributed by atoms with van der Waals surface area (Å²) in [5, 5.41) is 2.38. The molecule has 8 atom stereocenters. The van der Waals surface area contributed by atoms with Gasteiger partial charge in [-0.2, -0.15) is 0 Å². The normalized spacial score (nSPS) is 25.9. The van der Waals surface area contributed by atoms with Crippen LogP contribution in [0.1, 0.15) is 68.2 Å². The van der Waals surface area contributed by atoms with Crippen LogP contribution in [0, 0.1) is 41.4 Å². The number of hydrogen-bond acceptors (Lipinski definition) is 5. The molecule has 0 aliphatic heterocycles.